The van der Waals surface area contributed by atoms with Crippen LogP contribution in [0.1, 0.15) is 46.0 Å². The van der Waals surface area contributed by atoms with Crippen molar-refractivity contribution in [2.45, 2.75) is 58.1 Å². The molecule has 5 nitrogen and oxygen atoms in total. The van der Waals surface area contributed by atoms with Crippen molar-refractivity contribution in [1.29, 1.82) is 0 Å². The summed E-state index contributed by atoms with van der Waals surface area (Å²) in [5, 5.41) is 15.3. The zero-order valence-corrected chi connectivity index (χ0v) is 12.3. The summed E-state index contributed by atoms with van der Waals surface area (Å²) in [6.07, 6.45) is 4.18. The average Bonchev–Trinajstić information content (AvgIpc) is 2.42. The maximum absolute atomic E-state index is 11.7. The van der Waals surface area contributed by atoms with E-state index in [1.807, 2.05) is 0 Å². The summed E-state index contributed by atoms with van der Waals surface area (Å²) >= 11 is 0. The third-order valence-corrected chi connectivity index (χ3v) is 3.86. The van der Waals surface area contributed by atoms with Gasteiger partial charge >= 0.3 is 6.03 Å². The molecule has 5 heteroatoms. The fourth-order valence-corrected chi connectivity index (χ4v) is 2.50. The van der Waals surface area contributed by atoms with Gasteiger partial charge in [0.05, 0.1) is 6.10 Å². The first-order chi connectivity index (χ1) is 9.15. The van der Waals surface area contributed by atoms with Gasteiger partial charge in [0.15, 0.2) is 0 Å². The van der Waals surface area contributed by atoms with Gasteiger partial charge in [-0.1, -0.05) is 13.8 Å². The monoisotopic (exact) mass is 271 g/mol. The number of aliphatic hydroxyl groups excluding tert-OH is 1. The first-order valence-corrected chi connectivity index (χ1v) is 7.60. The Bertz CT molecular complexity index is 249. The SMILES string of the molecule is CCN(CC)CCCNC(=O)NC1CCC(O)CC1. The summed E-state index contributed by atoms with van der Waals surface area (Å²) in [5.74, 6) is 0. The van der Waals surface area contributed by atoms with Crippen molar-refractivity contribution in [1.82, 2.24) is 15.5 Å². The highest BCUT2D eigenvalue weighted by Crippen LogP contribution is 2.17. The standard InChI is InChI=1S/C14H29N3O2/c1-3-17(4-2)11-5-10-15-14(19)16-12-6-8-13(18)9-7-12/h12-13,18H,3-11H2,1-2H3,(H2,15,16,19). The minimum atomic E-state index is -0.171. The van der Waals surface area contributed by atoms with Crippen LogP contribution in [0.4, 0.5) is 4.79 Å². The predicted molar refractivity (Wildman–Crippen MR) is 77.2 cm³/mol. The van der Waals surface area contributed by atoms with E-state index in [1.54, 1.807) is 0 Å². The maximum atomic E-state index is 11.7. The molecule has 112 valence electrons. The lowest BCUT2D eigenvalue weighted by molar-refractivity contribution is 0.117. The van der Waals surface area contributed by atoms with Crippen molar-refractivity contribution in [2.75, 3.05) is 26.2 Å². The normalized spacial score (nSPS) is 23.4. The zero-order valence-electron chi connectivity index (χ0n) is 12.3. The number of amides is 2. The molecule has 1 aliphatic carbocycles. The van der Waals surface area contributed by atoms with Crippen LogP contribution in [0.15, 0.2) is 0 Å². The van der Waals surface area contributed by atoms with Crippen molar-refractivity contribution in [3.8, 4) is 0 Å². The minimum absolute atomic E-state index is 0.0686. The van der Waals surface area contributed by atoms with Gasteiger partial charge < -0.3 is 20.6 Å². The van der Waals surface area contributed by atoms with Crippen molar-refractivity contribution < 1.29 is 9.90 Å². The predicted octanol–water partition coefficient (Wildman–Crippen LogP) is 1.32. The quantitative estimate of drug-likeness (QED) is 0.612. The Hall–Kier alpha value is -0.810. The molecule has 0 aromatic heterocycles. The van der Waals surface area contributed by atoms with Crippen molar-refractivity contribution in [3.05, 3.63) is 0 Å². The van der Waals surface area contributed by atoms with Gasteiger partial charge in [-0.05, 0) is 51.7 Å². The fourth-order valence-electron chi connectivity index (χ4n) is 2.50. The fraction of sp³-hybridized carbons (Fsp3) is 0.929. The molecule has 0 aliphatic heterocycles. The number of urea groups is 1. The van der Waals surface area contributed by atoms with Crippen LogP contribution in [0.25, 0.3) is 0 Å². The summed E-state index contributed by atoms with van der Waals surface area (Å²) in [6, 6.07) is 0.159. The van der Waals surface area contributed by atoms with Crippen LogP contribution < -0.4 is 10.6 Å². The second-order valence-corrected chi connectivity index (χ2v) is 5.29. The van der Waals surface area contributed by atoms with E-state index in [4.69, 9.17) is 0 Å². The third-order valence-electron chi connectivity index (χ3n) is 3.86. The molecule has 0 aromatic carbocycles. The lowest BCUT2D eigenvalue weighted by Crippen LogP contribution is -2.44. The molecule has 1 rings (SSSR count). The smallest absolute Gasteiger partial charge is 0.315 e. The average molecular weight is 271 g/mol. The second kappa shape index (κ2) is 9.15. The van der Waals surface area contributed by atoms with E-state index in [1.165, 1.54) is 0 Å². The molecule has 0 spiro atoms. The molecule has 2 amide bonds. The summed E-state index contributed by atoms with van der Waals surface area (Å²) in [5.41, 5.74) is 0. The number of carbonyl (C=O) groups is 1. The summed E-state index contributed by atoms with van der Waals surface area (Å²) in [7, 11) is 0. The zero-order chi connectivity index (χ0) is 14.1. The van der Waals surface area contributed by atoms with E-state index in [-0.39, 0.29) is 18.2 Å². The molecule has 0 unspecified atom stereocenters. The van der Waals surface area contributed by atoms with Gasteiger partial charge in [-0.3, -0.25) is 0 Å². The Kier molecular flexibility index (Phi) is 7.82. The van der Waals surface area contributed by atoms with Crippen LogP contribution in [0, 0.1) is 0 Å². The van der Waals surface area contributed by atoms with E-state index in [2.05, 4.69) is 29.4 Å². The Balaban J connectivity index is 2.05. The number of hydrogen-bond donors (Lipinski definition) is 3. The highest BCUT2D eigenvalue weighted by atomic mass is 16.3. The molecule has 3 N–H and O–H groups in total. The third kappa shape index (κ3) is 6.78. The Labute approximate surface area is 116 Å². The molecule has 0 bridgehead atoms. The Morgan fingerprint density at radius 1 is 1.21 bits per heavy atom. The van der Waals surface area contributed by atoms with Gasteiger partial charge in [0.25, 0.3) is 0 Å². The largest absolute Gasteiger partial charge is 0.393 e. The van der Waals surface area contributed by atoms with E-state index in [0.717, 1.165) is 58.3 Å². The highest BCUT2D eigenvalue weighted by Gasteiger charge is 2.20. The number of aliphatic hydroxyl groups is 1. The number of rotatable bonds is 7. The van der Waals surface area contributed by atoms with E-state index >= 15 is 0 Å². The molecule has 1 saturated carbocycles. The molecule has 0 aromatic rings. The number of carbonyl (C=O) groups excluding carboxylic acids is 1. The second-order valence-electron chi connectivity index (χ2n) is 5.29. The molecule has 0 saturated heterocycles. The first kappa shape index (κ1) is 16.2. The summed E-state index contributed by atoms with van der Waals surface area (Å²) in [6.45, 7) is 8.18. The lowest BCUT2D eigenvalue weighted by atomic mass is 9.93. The van der Waals surface area contributed by atoms with Crippen molar-refractivity contribution in [3.63, 3.8) is 0 Å². The molecule has 19 heavy (non-hydrogen) atoms. The molecule has 1 fully saturated rings. The molecular weight excluding hydrogens is 242 g/mol. The van der Waals surface area contributed by atoms with E-state index in [9.17, 15) is 9.90 Å². The first-order valence-electron chi connectivity index (χ1n) is 7.60. The molecule has 0 radical (unpaired) electrons. The maximum Gasteiger partial charge on any atom is 0.315 e. The molecule has 0 atom stereocenters. The van der Waals surface area contributed by atoms with Crippen LogP contribution in [0.3, 0.4) is 0 Å². The molecule has 0 heterocycles. The van der Waals surface area contributed by atoms with Gasteiger partial charge in [0.1, 0.15) is 0 Å². The van der Waals surface area contributed by atoms with Crippen LogP contribution in [-0.4, -0.2) is 54.4 Å². The number of hydrogen-bond acceptors (Lipinski definition) is 3. The number of nitrogens with zero attached hydrogens (tertiary/aromatic N) is 1. The molecule has 1 aliphatic rings. The highest BCUT2D eigenvalue weighted by molar-refractivity contribution is 5.74. The van der Waals surface area contributed by atoms with Gasteiger partial charge in [-0.25, -0.2) is 4.79 Å². The molecular formula is C14H29N3O2. The minimum Gasteiger partial charge on any atom is -0.393 e. The Morgan fingerprint density at radius 3 is 2.42 bits per heavy atom. The van der Waals surface area contributed by atoms with Gasteiger partial charge in [0, 0.05) is 12.6 Å². The summed E-state index contributed by atoms with van der Waals surface area (Å²) < 4.78 is 0. The van der Waals surface area contributed by atoms with E-state index < -0.39 is 0 Å². The lowest BCUT2D eigenvalue weighted by Gasteiger charge is -2.26. The summed E-state index contributed by atoms with van der Waals surface area (Å²) in [4.78, 5) is 14.0. The van der Waals surface area contributed by atoms with Gasteiger partial charge in [0.2, 0.25) is 0 Å². The topological polar surface area (TPSA) is 64.6 Å². The van der Waals surface area contributed by atoms with Gasteiger partial charge in [-0.2, -0.15) is 0 Å². The van der Waals surface area contributed by atoms with E-state index in [0.29, 0.717) is 0 Å². The number of nitrogens with one attached hydrogen (secondary N) is 2. The van der Waals surface area contributed by atoms with Crippen LogP contribution >= 0.6 is 0 Å². The van der Waals surface area contributed by atoms with Crippen LogP contribution in [0.5, 0.6) is 0 Å². The van der Waals surface area contributed by atoms with Crippen LogP contribution in [0.2, 0.25) is 0 Å². The van der Waals surface area contributed by atoms with Crippen LogP contribution in [-0.2, 0) is 0 Å². The van der Waals surface area contributed by atoms with Crippen molar-refractivity contribution >= 4 is 6.03 Å². The van der Waals surface area contributed by atoms with Gasteiger partial charge in [-0.15, -0.1) is 0 Å². The Morgan fingerprint density at radius 2 is 1.84 bits per heavy atom. The van der Waals surface area contributed by atoms with Crippen molar-refractivity contribution in [2.24, 2.45) is 0 Å².